The fourth-order valence-electron chi connectivity index (χ4n) is 2.03. The first kappa shape index (κ1) is 13.6. The van der Waals surface area contributed by atoms with E-state index in [1.54, 1.807) is 7.11 Å². The average molecular weight is 259 g/mol. The van der Waals surface area contributed by atoms with Crippen molar-refractivity contribution in [1.82, 2.24) is 9.97 Å². The number of benzene rings is 1. The highest BCUT2D eigenvalue weighted by Crippen LogP contribution is 2.32. The van der Waals surface area contributed by atoms with E-state index in [1.807, 2.05) is 32.9 Å². The molecule has 4 heteroatoms. The molecule has 0 aliphatic carbocycles. The van der Waals surface area contributed by atoms with Crippen LogP contribution in [0.5, 0.6) is 5.75 Å². The van der Waals surface area contributed by atoms with Crippen LogP contribution < -0.4 is 10.5 Å². The van der Waals surface area contributed by atoms with Crippen molar-refractivity contribution in [1.29, 1.82) is 0 Å². The summed E-state index contributed by atoms with van der Waals surface area (Å²) in [5, 5.41) is 0. The highest BCUT2D eigenvalue weighted by atomic mass is 16.5. The highest BCUT2D eigenvalue weighted by molar-refractivity contribution is 5.70. The standard InChI is InChI=1S/C15H21N3O/c1-9-6-7-12(19-5)11(8-9)13-10(2)17-14(18-13)15(3,4)16/h6-8H,16H2,1-5H3,(H,17,18). The van der Waals surface area contributed by atoms with Gasteiger partial charge in [-0.25, -0.2) is 4.98 Å². The van der Waals surface area contributed by atoms with E-state index in [0.29, 0.717) is 0 Å². The lowest BCUT2D eigenvalue weighted by atomic mass is 10.1. The maximum Gasteiger partial charge on any atom is 0.128 e. The largest absolute Gasteiger partial charge is 0.496 e. The molecule has 102 valence electrons. The van der Waals surface area contributed by atoms with Crippen molar-refractivity contribution < 1.29 is 4.74 Å². The molecule has 3 N–H and O–H groups in total. The third-order valence-electron chi connectivity index (χ3n) is 3.11. The van der Waals surface area contributed by atoms with E-state index < -0.39 is 5.54 Å². The zero-order chi connectivity index (χ0) is 14.2. The Balaban J connectivity index is 2.59. The molecule has 0 bridgehead atoms. The topological polar surface area (TPSA) is 63.9 Å². The predicted octanol–water partition coefficient (Wildman–Crippen LogP) is 2.90. The molecule has 0 saturated heterocycles. The van der Waals surface area contributed by atoms with Crippen molar-refractivity contribution in [2.75, 3.05) is 7.11 Å². The maximum absolute atomic E-state index is 6.09. The SMILES string of the molecule is COc1ccc(C)cc1-c1nc(C(C)(C)N)[nH]c1C. The molecule has 0 saturated carbocycles. The van der Waals surface area contributed by atoms with Gasteiger partial charge in [-0.15, -0.1) is 0 Å². The number of hydrogen-bond acceptors (Lipinski definition) is 3. The number of nitrogens with one attached hydrogen (secondary N) is 1. The van der Waals surface area contributed by atoms with E-state index in [9.17, 15) is 0 Å². The Bertz CT molecular complexity index is 594. The Morgan fingerprint density at radius 2 is 1.95 bits per heavy atom. The Morgan fingerprint density at radius 3 is 2.47 bits per heavy atom. The van der Waals surface area contributed by atoms with Gasteiger partial charge in [-0.3, -0.25) is 0 Å². The third-order valence-corrected chi connectivity index (χ3v) is 3.11. The second-order valence-electron chi connectivity index (χ2n) is 5.48. The number of ether oxygens (including phenoxy) is 1. The van der Waals surface area contributed by atoms with E-state index in [0.717, 1.165) is 28.5 Å². The van der Waals surface area contributed by atoms with Gasteiger partial charge < -0.3 is 15.5 Å². The number of H-pyrrole nitrogens is 1. The molecular weight excluding hydrogens is 238 g/mol. The van der Waals surface area contributed by atoms with E-state index in [2.05, 4.69) is 23.0 Å². The van der Waals surface area contributed by atoms with Gasteiger partial charge in [0, 0.05) is 11.3 Å². The molecule has 0 fully saturated rings. The van der Waals surface area contributed by atoms with Crippen LogP contribution in [0, 0.1) is 13.8 Å². The molecule has 0 spiro atoms. The molecular formula is C15H21N3O. The van der Waals surface area contributed by atoms with E-state index in [-0.39, 0.29) is 0 Å². The molecule has 0 amide bonds. The fraction of sp³-hybridized carbons (Fsp3) is 0.400. The van der Waals surface area contributed by atoms with Crippen LogP contribution in [0.4, 0.5) is 0 Å². The van der Waals surface area contributed by atoms with Crippen molar-refractivity contribution in [2.24, 2.45) is 5.73 Å². The minimum atomic E-state index is -0.486. The van der Waals surface area contributed by atoms with Gasteiger partial charge in [0.1, 0.15) is 11.6 Å². The van der Waals surface area contributed by atoms with Gasteiger partial charge in [0.05, 0.1) is 18.3 Å². The Kier molecular flexibility index (Phi) is 3.37. The zero-order valence-corrected chi connectivity index (χ0v) is 12.2. The smallest absolute Gasteiger partial charge is 0.128 e. The zero-order valence-electron chi connectivity index (χ0n) is 12.2. The summed E-state index contributed by atoms with van der Waals surface area (Å²) < 4.78 is 5.42. The summed E-state index contributed by atoms with van der Waals surface area (Å²) in [6.07, 6.45) is 0. The Labute approximate surface area is 114 Å². The molecule has 0 aliphatic heterocycles. The van der Waals surface area contributed by atoms with Gasteiger partial charge in [0.2, 0.25) is 0 Å². The van der Waals surface area contributed by atoms with Crippen LogP contribution in [0.3, 0.4) is 0 Å². The van der Waals surface area contributed by atoms with Crippen LogP contribution in [-0.4, -0.2) is 17.1 Å². The molecule has 19 heavy (non-hydrogen) atoms. The molecule has 1 heterocycles. The lowest BCUT2D eigenvalue weighted by molar-refractivity contribution is 0.416. The monoisotopic (exact) mass is 259 g/mol. The van der Waals surface area contributed by atoms with Crippen molar-refractivity contribution in [3.8, 4) is 17.0 Å². The maximum atomic E-state index is 6.09. The first-order chi connectivity index (χ1) is 8.82. The minimum Gasteiger partial charge on any atom is -0.496 e. The molecule has 0 aliphatic rings. The average Bonchev–Trinajstić information content (AvgIpc) is 2.71. The summed E-state index contributed by atoms with van der Waals surface area (Å²) in [6, 6.07) is 6.07. The molecule has 1 aromatic heterocycles. The minimum absolute atomic E-state index is 0.486. The molecule has 0 unspecified atom stereocenters. The first-order valence-electron chi connectivity index (χ1n) is 6.34. The number of nitrogens with zero attached hydrogens (tertiary/aromatic N) is 1. The molecule has 0 atom stereocenters. The Morgan fingerprint density at radius 1 is 1.26 bits per heavy atom. The number of aryl methyl sites for hydroxylation is 2. The van der Waals surface area contributed by atoms with Crippen LogP contribution in [0.2, 0.25) is 0 Å². The summed E-state index contributed by atoms with van der Waals surface area (Å²) in [7, 11) is 1.67. The van der Waals surface area contributed by atoms with Crippen LogP contribution >= 0.6 is 0 Å². The summed E-state index contributed by atoms with van der Waals surface area (Å²) in [5.74, 6) is 1.60. The van der Waals surface area contributed by atoms with E-state index in [4.69, 9.17) is 10.5 Å². The second-order valence-corrected chi connectivity index (χ2v) is 5.48. The third kappa shape index (κ3) is 2.63. The van der Waals surface area contributed by atoms with E-state index in [1.165, 1.54) is 5.56 Å². The van der Waals surface area contributed by atoms with Gasteiger partial charge >= 0.3 is 0 Å². The van der Waals surface area contributed by atoms with E-state index >= 15 is 0 Å². The van der Waals surface area contributed by atoms with Gasteiger partial charge in [-0.2, -0.15) is 0 Å². The number of methoxy groups -OCH3 is 1. The lowest BCUT2D eigenvalue weighted by Crippen LogP contribution is -2.30. The number of rotatable bonds is 3. The van der Waals surface area contributed by atoms with Crippen LogP contribution in [0.1, 0.15) is 30.9 Å². The summed E-state index contributed by atoms with van der Waals surface area (Å²) in [4.78, 5) is 7.90. The van der Waals surface area contributed by atoms with Crippen LogP contribution in [0.25, 0.3) is 11.3 Å². The van der Waals surface area contributed by atoms with Crippen molar-refractivity contribution in [3.63, 3.8) is 0 Å². The molecule has 4 nitrogen and oxygen atoms in total. The first-order valence-corrected chi connectivity index (χ1v) is 6.34. The number of nitrogens with two attached hydrogens (primary N) is 1. The van der Waals surface area contributed by atoms with Gasteiger partial charge in [-0.05, 0) is 39.8 Å². The predicted molar refractivity (Wildman–Crippen MR) is 77.3 cm³/mol. The quantitative estimate of drug-likeness (QED) is 0.890. The van der Waals surface area contributed by atoms with Crippen molar-refractivity contribution >= 4 is 0 Å². The summed E-state index contributed by atoms with van der Waals surface area (Å²) in [6.45, 7) is 7.92. The van der Waals surface area contributed by atoms with Crippen LogP contribution in [0.15, 0.2) is 18.2 Å². The Hall–Kier alpha value is -1.81. The van der Waals surface area contributed by atoms with Crippen molar-refractivity contribution in [2.45, 2.75) is 33.2 Å². The van der Waals surface area contributed by atoms with Gasteiger partial charge in [-0.1, -0.05) is 11.6 Å². The second kappa shape index (κ2) is 4.70. The lowest BCUT2D eigenvalue weighted by Gasteiger charge is -2.14. The number of aromatic nitrogens is 2. The molecule has 1 aromatic carbocycles. The molecule has 2 rings (SSSR count). The normalized spacial score (nSPS) is 11.7. The number of hydrogen-bond donors (Lipinski definition) is 2. The van der Waals surface area contributed by atoms with Gasteiger partial charge in [0.15, 0.2) is 0 Å². The summed E-state index contributed by atoms with van der Waals surface area (Å²) in [5.41, 5.74) is 9.67. The number of imidazole rings is 1. The summed E-state index contributed by atoms with van der Waals surface area (Å²) >= 11 is 0. The van der Waals surface area contributed by atoms with Crippen molar-refractivity contribution in [3.05, 3.63) is 35.3 Å². The number of aromatic amines is 1. The van der Waals surface area contributed by atoms with Crippen LogP contribution in [-0.2, 0) is 5.54 Å². The van der Waals surface area contributed by atoms with Gasteiger partial charge in [0.25, 0.3) is 0 Å². The molecule has 0 radical (unpaired) electrons. The molecule has 2 aromatic rings. The fourth-order valence-corrected chi connectivity index (χ4v) is 2.03. The highest BCUT2D eigenvalue weighted by Gasteiger charge is 2.21.